The minimum absolute atomic E-state index is 0.0115. The van der Waals surface area contributed by atoms with E-state index in [4.69, 9.17) is 19.5 Å². The van der Waals surface area contributed by atoms with E-state index in [1.165, 1.54) is 12.1 Å². The quantitative estimate of drug-likeness (QED) is 0.343. The molecule has 0 aromatic heterocycles. The van der Waals surface area contributed by atoms with Crippen LogP contribution in [0.5, 0.6) is 0 Å². The second-order valence-electron chi connectivity index (χ2n) is 8.64. The van der Waals surface area contributed by atoms with Crippen LogP contribution in [-0.4, -0.2) is 25.9 Å². The zero-order valence-electron chi connectivity index (χ0n) is 19.4. The lowest BCUT2D eigenvalue weighted by molar-refractivity contribution is -0.230. The number of fused-ring (bicyclic) bond motifs is 1. The molecule has 0 aliphatic carbocycles. The summed E-state index contributed by atoms with van der Waals surface area (Å²) in [5.74, 6) is -0.822. The van der Waals surface area contributed by atoms with Crippen molar-refractivity contribution in [2.75, 3.05) is 19.8 Å². The maximum Gasteiger partial charge on any atom is 0.184 e. The zero-order chi connectivity index (χ0) is 23.9. The van der Waals surface area contributed by atoms with E-state index in [0.29, 0.717) is 43.6 Å². The molecule has 0 saturated carbocycles. The van der Waals surface area contributed by atoms with Crippen LogP contribution in [0.25, 0.3) is 10.8 Å². The Morgan fingerprint density at radius 2 is 1.82 bits per heavy atom. The Kier molecular flexibility index (Phi) is 8.23. The fraction of sp³-hybridized carbons (Fsp3) is 0.393. The average molecular weight is 466 g/mol. The molecule has 0 unspecified atom stereocenters. The molecule has 1 aliphatic rings. The summed E-state index contributed by atoms with van der Waals surface area (Å²) in [6.45, 7) is 3.82. The molecule has 1 saturated heterocycles. The SMILES string of the molecule is CCCCCOC1COC(c2ccc3c(F)c(CCc4ccc(C#N)c(F)c4)ccc3c2)OC1. The third kappa shape index (κ3) is 5.79. The van der Waals surface area contributed by atoms with Gasteiger partial charge in [-0.3, -0.25) is 0 Å². The van der Waals surface area contributed by atoms with Gasteiger partial charge in [0, 0.05) is 17.6 Å². The van der Waals surface area contributed by atoms with Crippen molar-refractivity contribution in [3.05, 3.63) is 82.4 Å². The number of hydrogen-bond donors (Lipinski definition) is 0. The van der Waals surface area contributed by atoms with Gasteiger partial charge in [0.15, 0.2) is 6.29 Å². The molecule has 1 fully saturated rings. The lowest BCUT2D eigenvalue weighted by Gasteiger charge is -2.29. The fourth-order valence-electron chi connectivity index (χ4n) is 4.16. The van der Waals surface area contributed by atoms with E-state index >= 15 is 4.39 Å². The van der Waals surface area contributed by atoms with E-state index < -0.39 is 12.1 Å². The minimum atomic E-state index is -0.548. The minimum Gasteiger partial charge on any atom is -0.373 e. The number of nitrogens with zero attached hydrogens (tertiary/aromatic N) is 1. The Labute approximate surface area is 199 Å². The predicted molar refractivity (Wildman–Crippen MR) is 126 cm³/mol. The highest BCUT2D eigenvalue weighted by atomic mass is 19.1. The second-order valence-corrected chi connectivity index (χ2v) is 8.64. The molecule has 0 spiro atoms. The zero-order valence-corrected chi connectivity index (χ0v) is 19.4. The van der Waals surface area contributed by atoms with Gasteiger partial charge in [-0.15, -0.1) is 0 Å². The van der Waals surface area contributed by atoms with Gasteiger partial charge in [0.05, 0.1) is 18.8 Å². The Hall–Kier alpha value is -2.85. The molecule has 0 radical (unpaired) electrons. The third-order valence-electron chi connectivity index (χ3n) is 6.14. The van der Waals surface area contributed by atoms with Crippen molar-refractivity contribution in [3.8, 4) is 6.07 Å². The standard InChI is InChI=1S/C28H29F2NO3/c1-2-3-4-13-32-24-17-33-28(34-18-24)22-11-12-25-21(15-22)10-9-20(27(25)30)7-5-19-6-8-23(16-31)26(29)14-19/h6,8-12,14-15,24,28H,2-5,7,13,17-18H2,1H3. The van der Waals surface area contributed by atoms with Gasteiger partial charge in [0.1, 0.15) is 23.8 Å². The molecule has 1 heterocycles. The molecule has 4 nitrogen and oxygen atoms in total. The number of ether oxygens (including phenoxy) is 3. The van der Waals surface area contributed by atoms with Crippen molar-refractivity contribution < 1.29 is 23.0 Å². The molecule has 0 atom stereocenters. The first-order valence-electron chi connectivity index (χ1n) is 11.8. The molecule has 34 heavy (non-hydrogen) atoms. The molecule has 0 N–H and O–H groups in total. The van der Waals surface area contributed by atoms with E-state index in [2.05, 4.69) is 6.92 Å². The molecular weight excluding hydrogens is 436 g/mol. The van der Waals surface area contributed by atoms with E-state index in [-0.39, 0.29) is 17.5 Å². The van der Waals surface area contributed by atoms with Crippen molar-refractivity contribution in [1.29, 1.82) is 5.26 Å². The molecule has 178 valence electrons. The fourth-order valence-corrected chi connectivity index (χ4v) is 4.16. The lowest BCUT2D eigenvalue weighted by Crippen LogP contribution is -2.33. The topological polar surface area (TPSA) is 51.5 Å². The third-order valence-corrected chi connectivity index (χ3v) is 6.14. The molecule has 0 bridgehead atoms. The summed E-state index contributed by atoms with van der Waals surface area (Å²) in [5, 5.41) is 10.2. The summed E-state index contributed by atoms with van der Waals surface area (Å²) >= 11 is 0. The number of benzene rings is 3. The molecule has 6 heteroatoms. The van der Waals surface area contributed by atoms with Crippen molar-refractivity contribution in [1.82, 2.24) is 0 Å². The van der Waals surface area contributed by atoms with Crippen molar-refractivity contribution >= 4 is 10.8 Å². The van der Waals surface area contributed by atoms with Gasteiger partial charge >= 0.3 is 0 Å². The predicted octanol–water partition coefficient (Wildman–Crippen LogP) is 6.40. The first-order chi connectivity index (χ1) is 16.6. The van der Waals surface area contributed by atoms with Crippen LogP contribution >= 0.6 is 0 Å². The van der Waals surface area contributed by atoms with Gasteiger partial charge in [-0.05, 0) is 54.0 Å². The Balaban J connectivity index is 1.38. The number of halogens is 2. The smallest absolute Gasteiger partial charge is 0.184 e. The van der Waals surface area contributed by atoms with E-state index in [9.17, 15) is 4.39 Å². The Morgan fingerprint density at radius 1 is 1.00 bits per heavy atom. The number of nitriles is 1. The van der Waals surface area contributed by atoms with Crippen LogP contribution in [0.2, 0.25) is 0 Å². The van der Waals surface area contributed by atoms with Gasteiger partial charge in [-0.25, -0.2) is 8.78 Å². The number of unbranched alkanes of at least 4 members (excludes halogenated alkanes) is 2. The molecular formula is C28H29F2NO3. The van der Waals surface area contributed by atoms with Gasteiger partial charge < -0.3 is 14.2 Å². The van der Waals surface area contributed by atoms with Crippen molar-refractivity contribution in [3.63, 3.8) is 0 Å². The van der Waals surface area contributed by atoms with Crippen LogP contribution in [0.4, 0.5) is 8.78 Å². The molecule has 1 aliphatic heterocycles. The maximum atomic E-state index is 15.2. The normalized spacial score (nSPS) is 18.2. The second kappa shape index (κ2) is 11.5. The summed E-state index contributed by atoms with van der Waals surface area (Å²) in [6.07, 6.45) is 3.72. The highest BCUT2D eigenvalue weighted by Gasteiger charge is 2.24. The van der Waals surface area contributed by atoms with E-state index in [1.807, 2.05) is 24.3 Å². The van der Waals surface area contributed by atoms with Crippen molar-refractivity contribution in [2.45, 2.75) is 51.4 Å². The van der Waals surface area contributed by atoms with Crippen LogP contribution in [0.1, 0.15) is 54.7 Å². The first kappa shape index (κ1) is 24.3. The molecule has 3 aromatic rings. The molecule has 0 amide bonds. The summed E-state index contributed by atoms with van der Waals surface area (Å²) in [4.78, 5) is 0. The van der Waals surface area contributed by atoms with Crippen LogP contribution in [0, 0.1) is 23.0 Å². The van der Waals surface area contributed by atoms with Crippen molar-refractivity contribution in [2.24, 2.45) is 0 Å². The van der Waals surface area contributed by atoms with Gasteiger partial charge in [-0.1, -0.05) is 50.1 Å². The number of hydrogen-bond acceptors (Lipinski definition) is 4. The Morgan fingerprint density at radius 3 is 2.56 bits per heavy atom. The van der Waals surface area contributed by atoms with Gasteiger partial charge in [0.2, 0.25) is 0 Å². The summed E-state index contributed by atoms with van der Waals surface area (Å²) in [6, 6.07) is 15.5. The Bertz CT molecular complexity index is 1170. The van der Waals surface area contributed by atoms with Gasteiger partial charge in [0.25, 0.3) is 0 Å². The van der Waals surface area contributed by atoms with Crippen LogP contribution in [0.3, 0.4) is 0 Å². The monoisotopic (exact) mass is 465 g/mol. The van der Waals surface area contributed by atoms with Crippen LogP contribution in [-0.2, 0) is 27.1 Å². The van der Waals surface area contributed by atoms with E-state index in [1.54, 1.807) is 18.2 Å². The maximum absolute atomic E-state index is 15.2. The molecule has 4 rings (SSSR count). The van der Waals surface area contributed by atoms with E-state index in [0.717, 1.165) is 35.8 Å². The summed E-state index contributed by atoms with van der Waals surface area (Å²) in [7, 11) is 0. The number of aryl methyl sites for hydroxylation is 2. The van der Waals surface area contributed by atoms with Gasteiger partial charge in [-0.2, -0.15) is 5.26 Å². The van der Waals surface area contributed by atoms with Crippen LogP contribution < -0.4 is 0 Å². The first-order valence-corrected chi connectivity index (χ1v) is 11.8. The summed E-state index contributed by atoms with van der Waals surface area (Å²) in [5.41, 5.74) is 2.15. The lowest BCUT2D eigenvalue weighted by atomic mass is 9.98. The highest BCUT2D eigenvalue weighted by molar-refractivity contribution is 5.84. The number of rotatable bonds is 9. The highest BCUT2D eigenvalue weighted by Crippen LogP contribution is 2.29. The summed E-state index contributed by atoms with van der Waals surface area (Å²) < 4.78 is 46.5. The van der Waals surface area contributed by atoms with Crippen LogP contribution in [0.15, 0.2) is 48.5 Å². The molecule has 3 aromatic carbocycles. The largest absolute Gasteiger partial charge is 0.373 e. The average Bonchev–Trinajstić information content (AvgIpc) is 2.86.